The summed E-state index contributed by atoms with van der Waals surface area (Å²) in [5.74, 6) is 0. The second kappa shape index (κ2) is 8.28. The number of hydrogen-bond donors (Lipinski definition) is 3. The predicted molar refractivity (Wildman–Crippen MR) is 86.3 cm³/mol. The van der Waals surface area contributed by atoms with Crippen LogP contribution in [0.25, 0.3) is 0 Å². The zero-order valence-electron chi connectivity index (χ0n) is 11.2. The Kier molecular flexibility index (Phi) is 6.68. The number of ether oxygens (including phenoxy) is 1. The molecule has 0 heterocycles. The molecule has 0 saturated carbocycles. The Morgan fingerprint density at radius 3 is 2.55 bits per heavy atom. The van der Waals surface area contributed by atoms with E-state index in [2.05, 4.69) is 16.1 Å². The summed E-state index contributed by atoms with van der Waals surface area (Å²) in [6.45, 7) is 1.99. The number of rotatable bonds is 2. The van der Waals surface area contributed by atoms with E-state index >= 15 is 0 Å². The van der Waals surface area contributed by atoms with Crippen LogP contribution in [0.15, 0.2) is 30.3 Å². The topological polar surface area (TPSA) is 65.6 Å². The minimum atomic E-state index is -0.611. The van der Waals surface area contributed by atoms with Crippen LogP contribution in [0.1, 0.15) is 6.92 Å². The first kappa shape index (κ1) is 16.1. The minimum Gasteiger partial charge on any atom is -0.450 e. The first-order valence-electron chi connectivity index (χ1n) is 5.87. The number of thiocarbonyl (C=S) groups is 2. The molecule has 6 nitrogen and oxygen atoms in total. The summed E-state index contributed by atoms with van der Waals surface area (Å²) in [5, 5.41) is 7.37. The number of alkyl carbamates (subject to hydrolysis) is 1. The van der Waals surface area contributed by atoms with E-state index < -0.39 is 6.09 Å². The van der Waals surface area contributed by atoms with Crippen molar-refractivity contribution in [3.05, 3.63) is 30.3 Å². The van der Waals surface area contributed by atoms with E-state index in [0.29, 0.717) is 5.11 Å². The standard InChI is InChI=1S/C12H16N4O2S2/c1-3-18-12(17)14-10(19)15-16(2)11(20)13-9-7-5-4-6-8-9/h4-8H,3H2,1-2H3,(H,13,20)(H2,14,15,17,19). The third-order valence-corrected chi connectivity index (χ3v) is 2.66. The van der Waals surface area contributed by atoms with Crippen LogP contribution in [0.2, 0.25) is 0 Å². The smallest absolute Gasteiger partial charge is 0.413 e. The van der Waals surface area contributed by atoms with Gasteiger partial charge in [-0.2, -0.15) is 0 Å². The van der Waals surface area contributed by atoms with Crippen molar-refractivity contribution >= 4 is 46.4 Å². The van der Waals surface area contributed by atoms with Gasteiger partial charge >= 0.3 is 6.09 Å². The summed E-state index contributed by atoms with van der Waals surface area (Å²) < 4.78 is 4.71. The third kappa shape index (κ3) is 5.81. The van der Waals surface area contributed by atoms with E-state index in [-0.39, 0.29) is 11.7 Å². The monoisotopic (exact) mass is 312 g/mol. The van der Waals surface area contributed by atoms with E-state index in [0.717, 1.165) is 5.69 Å². The van der Waals surface area contributed by atoms with Crippen LogP contribution in [-0.4, -0.2) is 35.0 Å². The summed E-state index contributed by atoms with van der Waals surface area (Å²) in [4.78, 5) is 11.2. The number of amides is 1. The molecule has 108 valence electrons. The molecule has 0 saturated heterocycles. The lowest BCUT2D eigenvalue weighted by Crippen LogP contribution is -2.50. The van der Waals surface area contributed by atoms with Crippen molar-refractivity contribution < 1.29 is 9.53 Å². The molecule has 0 bridgehead atoms. The molecule has 0 atom stereocenters. The van der Waals surface area contributed by atoms with Crippen LogP contribution in [-0.2, 0) is 4.74 Å². The van der Waals surface area contributed by atoms with Gasteiger partial charge in [0.1, 0.15) is 0 Å². The number of hydrogen-bond acceptors (Lipinski definition) is 4. The Labute approximate surface area is 128 Å². The second-order valence-electron chi connectivity index (χ2n) is 3.64. The highest BCUT2D eigenvalue weighted by Gasteiger charge is 2.09. The fraction of sp³-hybridized carbons (Fsp3) is 0.250. The van der Waals surface area contributed by atoms with Gasteiger partial charge in [-0.25, -0.2) is 4.79 Å². The van der Waals surface area contributed by atoms with Crippen molar-refractivity contribution in [1.82, 2.24) is 15.8 Å². The molecule has 0 aliphatic rings. The fourth-order valence-electron chi connectivity index (χ4n) is 1.22. The number of carbonyl (C=O) groups excluding carboxylic acids is 1. The number of hydrazine groups is 1. The molecule has 0 spiro atoms. The van der Waals surface area contributed by atoms with Crippen molar-refractivity contribution in [2.24, 2.45) is 0 Å². The van der Waals surface area contributed by atoms with Crippen molar-refractivity contribution in [2.75, 3.05) is 19.0 Å². The van der Waals surface area contributed by atoms with Crippen LogP contribution in [0.5, 0.6) is 0 Å². The van der Waals surface area contributed by atoms with Crippen LogP contribution < -0.4 is 16.1 Å². The van der Waals surface area contributed by atoms with Gasteiger partial charge in [-0.3, -0.25) is 15.8 Å². The molecule has 0 aromatic heterocycles. The second-order valence-corrected chi connectivity index (χ2v) is 4.44. The van der Waals surface area contributed by atoms with Gasteiger partial charge in [0.25, 0.3) is 0 Å². The molecule has 1 amide bonds. The number of nitrogens with one attached hydrogen (secondary N) is 3. The highest BCUT2D eigenvalue weighted by atomic mass is 32.1. The minimum absolute atomic E-state index is 0.100. The molecule has 20 heavy (non-hydrogen) atoms. The maximum atomic E-state index is 11.2. The number of nitrogens with zero attached hydrogens (tertiary/aromatic N) is 1. The van der Waals surface area contributed by atoms with Crippen molar-refractivity contribution in [3.63, 3.8) is 0 Å². The molecule has 1 aromatic rings. The van der Waals surface area contributed by atoms with Gasteiger partial charge in [0.15, 0.2) is 10.2 Å². The highest BCUT2D eigenvalue weighted by molar-refractivity contribution is 7.80. The van der Waals surface area contributed by atoms with E-state index in [1.807, 2.05) is 30.3 Å². The van der Waals surface area contributed by atoms with E-state index in [1.54, 1.807) is 14.0 Å². The number of para-hydroxylation sites is 1. The van der Waals surface area contributed by atoms with Crippen molar-refractivity contribution in [3.8, 4) is 0 Å². The van der Waals surface area contributed by atoms with Gasteiger partial charge < -0.3 is 10.1 Å². The molecular formula is C12H16N4O2S2. The summed E-state index contributed by atoms with van der Waals surface area (Å²) in [7, 11) is 1.68. The van der Waals surface area contributed by atoms with Gasteiger partial charge in [0, 0.05) is 12.7 Å². The molecule has 1 rings (SSSR count). The van der Waals surface area contributed by atoms with Crippen LogP contribution >= 0.6 is 24.4 Å². The summed E-state index contributed by atoms with van der Waals surface area (Å²) in [6, 6.07) is 9.47. The molecule has 0 aliphatic heterocycles. The average molecular weight is 312 g/mol. The lowest BCUT2D eigenvalue weighted by atomic mass is 10.3. The summed E-state index contributed by atoms with van der Waals surface area (Å²) >= 11 is 10.1. The fourth-order valence-corrected chi connectivity index (χ4v) is 1.60. The van der Waals surface area contributed by atoms with Crippen LogP contribution in [0.3, 0.4) is 0 Å². The Morgan fingerprint density at radius 1 is 1.30 bits per heavy atom. The van der Waals surface area contributed by atoms with Crippen molar-refractivity contribution in [2.45, 2.75) is 6.92 Å². The Balaban J connectivity index is 2.41. The quantitative estimate of drug-likeness (QED) is 0.569. The van der Waals surface area contributed by atoms with Gasteiger partial charge in [-0.1, -0.05) is 18.2 Å². The SMILES string of the molecule is CCOC(=O)NC(=S)NN(C)C(=S)Nc1ccccc1. The zero-order valence-corrected chi connectivity index (χ0v) is 12.8. The lowest BCUT2D eigenvalue weighted by molar-refractivity contribution is 0.157. The van der Waals surface area contributed by atoms with Crippen molar-refractivity contribution in [1.29, 1.82) is 0 Å². The first-order valence-corrected chi connectivity index (χ1v) is 6.68. The molecular weight excluding hydrogens is 296 g/mol. The lowest BCUT2D eigenvalue weighted by Gasteiger charge is -2.23. The third-order valence-electron chi connectivity index (χ3n) is 2.09. The summed E-state index contributed by atoms with van der Waals surface area (Å²) in [5.41, 5.74) is 3.60. The number of anilines is 1. The molecule has 0 fully saturated rings. The number of benzene rings is 1. The highest BCUT2D eigenvalue weighted by Crippen LogP contribution is 2.05. The Bertz CT molecular complexity index is 482. The maximum absolute atomic E-state index is 11.2. The molecule has 0 radical (unpaired) electrons. The maximum Gasteiger partial charge on any atom is 0.413 e. The van der Waals surface area contributed by atoms with E-state index in [9.17, 15) is 4.79 Å². The largest absolute Gasteiger partial charge is 0.450 e. The molecule has 0 unspecified atom stereocenters. The van der Waals surface area contributed by atoms with Crippen LogP contribution in [0.4, 0.5) is 10.5 Å². The molecule has 0 aliphatic carbocycles. The van der Waals surface area contributed by atoms with E-state index in [4.69, 9.17) is 29.2 Å². The zero-order chi connectivity index (χ0) is 15.0. The van der Waals surface area contributed by atoms with Gasteiger partial charge in [-0.15, -0.1) is 0 Å². The van der Waals surface area contributed by atoms with Crippen LogP contribution in [0, 0.1) is 0 Å². The Hall–Kier alpha value is -1.93. The predicted octanol–water partition coefficient (Wildman–Crippen LogP) is 1.85. The number of carbonyl (C=O) groups is 1. The normalized spacial score (nSPS) is 9.30. The first-order chi connectivity index (χ1) is 9.52. The van der Waals surface area contributed by atoms with Gasteiger partial charge in [0.05, 0.1) is 6.61 Å². The van der Waals surface area contributed by atoms with E-state index in [1.165, 1.54) is 5.01 Å². The Morgan fingerprint density at radius 2 is 1.95 bits per heavy atom. The molecule has 3 N–H and O–H groups in total. The molecule has 8 heteroatoms. The van der Waals surface area contributed by atoms with Gasteiger partial charge in [-0.05, 0) is 43.5 Å². The van der Waals surface area contributed by atoms with Gasteiger partial charge in [0.2, 0.25) is 0 Å². The summed E-state index contributed by atoms with van der Waals surface area (Å²) in [6.07, 6.45) is -0.611. The molecule has 1 aromatic carbocycles. The average Bonchev–Trinajstić information content (AvgIpc) is 2.39.